The zero-order valence-corrected chi connectivity index (χ0v) is 8.93. The van der Waals surface area contributed by atoms with Gasteiger partial charge in [0.2, 0.25) is 0 Å². The molecule has 0 unspecified atom stereocenters. The lowest BCUT2D eigenvalue weighted by atomic mass is 10.0. The van der Waals surface area contributed by atoms with Crippen LogP contribution in [-0.2, 0) is 0 Å². The van der Waals surface area contributed by atoms with Crippen LogP contribution < -0.4 is 5.73 Å². The van der Waals surface area contributed by atoms with E-state index in [0.29, 0.717) is 0 Å². The van der Waals surface area contributed by atoms with E-state index in [1.165, 1.54) is 10.9 Å². The molecule has 13 heavy (non-hydrogen) atoms. The highest BCUT2D eigenvalue weighted by atomic mass is 79.9. The van der Waals surface area contributed by atoms with Gasteiger partial charge in [0.05, 0.1) is 5.69 Å². The molecule has 2 rings (SSSR count). The van der Waals surface area contributed by atoms with Gasteiger partial charge < -0.3 is 5.73 Å². The van der Waals surface area contributed by atoms with Crippen LogP contribution in [0.25, 0.3) is 10.8 Å². The summed E-state index contributed by atoms with van der Waals surface area (Å²) in [5.74, 6) is 0. The lowest BCUT2D eigenvalue weighted by molar-refractivity contribution is 1.51. The summed E-state index contributed by atoms with van der Waals surface area (Å²) in [6.45, 7) is 2.09. The standard InChI is InChI=1S/C11H10BrN/c1-7-6-10(12)11(13)9-5-3-2-4-8(7)9/h2-6H,13H2,1H3. The first-order valence-electron chi connectivity index (χ1n) is 4.13. The molecule has 1 nitrogen and oxygen atoms in total. The molecule has 2 N–H and O–H groups in total. The lowest BCUT2D eigenvalue weighted by Crippen LogP contribution is -1.90. The molecule has 0 aliphatic heterocycles. The molecule has 2 heteroatoms. The maximum atomic E-state index is 5.94. The number of hydrogen-bond donors (Lipinski definition) is 1. The van der Waals surface area contributed by atoms with E-state index in [9.17, 15) is 0 Å². The quantitative estimate of drug-likeness (QED) is 0.696. The van der Waals surface area contributed by atoms with Crippen molar-refractivity contribution in [2.24, 2.45) is 0 Å². The Hall–Kier alpha value is -1.02. The first-order valence-corrected chi connectivity index (χ1v) is 4.93. The molecular weight excluding hydrogens is 226 g/mol. The molecule has 0 aromatic heterocycles. The van der Waals surface area contributed by atoms with Gasteiger partial charge in [0.15, 0.2) is 0 Å². The Labute approximate surface area is 85.7 Å². The minimum atomic E-state index is 0.821. The van der Waals surface area contributed by atoms with E-state index in [0.717, 1.165) is 15.5 Å². The Kier molecular flexibility index (Phi) is 2.00. The molecule has 66 valence electrons. The summed E-state index contributed by atoms with van der Waals surface area (Å²) in [7, 11) is 0. The van der Waals surface area contributed by atoms with Crippen LogP contribution in [0.15, 0.2) is 34.8 Å². The van der Waals surface area contributed by atoms with Crippen molar-refractivity contribution in [2.45, 2.75) is 6.92 Å². The van der Waals surface area contributed by atoms with Crippen LogP contribution in [0.3, 0.4) is 0 Å². The van der Waals surface area contributed by atoms with Gasteiger partial charge in [-0.15, -0.1) is 0 Å². The lowest BCUT2D eigenvalue weighted by Gasteiger charge is -2.07. The minimum Gasteiger partial charge on any atom is -0.397 e. The van der Waals surface area contributed by atoms with Crippen LogP contribution in [0.2, 0.25) is 0 Å². The molecule has 0 aliphatic rings. The summed E-state index contributed by atoms with van der Waals surface area (Å²) in [6.07, 6.45) is 0. The topological polar surface area (TPSA) is 26.0 Å². The predicted octanol–water partition coefficient (Wildman–Crippen LogP) is 3.49. The van der Waals surface area contributed by atoms with E-state index in [1.54, 1.807) is 0 Å². The summed E-state index contributed by atoms with van der Waals surface area (Å²) >= 11 is 3.44. The van der Waals surface area contributed by atoms with Gasteiger partial charge in [-0.25, -0.2) is 0 Å². The Morgan fingerprint density at radius 2 is 1.77 bits per heavy atom. The average molecular weight is 236 g/mol. The monoisotopic (exact) mass is 235 g/mol. The fourth-order valence-corrected chi connectivity index (χ4v) is 2.09. The molecule has 2 aromatic carbocycles. The maximum Gasteiger partial charge on any atom is 0.0538 e. The molecule has 0 bridgehead atoms. The molecule has 0 amide bonds. The van der Waals surface area contributed by atoms with Crippen molar-refractivity contribution < 1.29 is 0 Å². The average Bonchev–Trinajstić information content (AvgIpc) is 2.15. The number of nitrogen functional groups attached to an aromatic ring is 1. The van der Waals surface area contributed by atoms with Gasteiger partial charge >= 0.3 is 0 Å². The number of halogens is 1. The van der Waals surface area contributed by atoms with Gasteiger partial charge in [0, 0.05) is 9.86 Å². The highest BCUT2D eigenvalue weighted by Gasteiger charge is 2.03. The maximum absolute atomic E-state index is 5.94. The molecule has 0 saturated carbocycles. The Morgan fingerprint density at radius 1 is 1.15 bits per heavy atom. The second kappa shape index (κ2) is 3.04. The van der Waals surface area contributed by atoms with Crippen LogP contribution in [0, 0.1) is 6.92 Å². The highest BCUT2D eigenvalue weighted by molar-refractivity contribution is 9.10. The van der Waals surface area contributed by atoms with Gasteiger partial charge in [-0.2, -0.15) is 0 Å². The molecule has 0 spiro atoms. The van der Waals surface area contributed by atoms with Gasteiger partial charge in [0.1, 0.15) is 0 Å². The first-order chi connectivity index (χ1) is 6.20. The van der Waals surface area contributed by atoms with E-state index < -0.39 is 0 Å². The molecule has 0 aliphatic carbocycles. The van der Waals surface area contributed by atoms with Crippen LogP contribution in [0.1, 0.15) is 5.56 Å². The number of rotatable bonds is 0. The summed E-state index contributed by atoms with van der Waals surface area (Å²) in [5.41, 5.74) is 8.01. The fraction of sp³-hybridized carbons (Fsp3) is 0.0909. The molecule has 0 heterocycles. The van der Waals surface area contributed by atoms with Crippen molar-refractivity contribution in [1.82, 2.24) is 0 Å². The molecule has 0 saturated heterocycles. The van der Waals surface area contributed by atoms with Crippen molar-refractivity contribution in [3.05, 3.63) is 40.4 Å². The molecular formula is C11H10BrN. The van der Waals surface area contributed by atoms with Gasteiger partial charge in [-0.3, -0.25) is 0 Å². The normalized spacial score (nSPS) is 10.6. The summed E-state index contributed by atoms with van der Waals surface area (Å²) in [6, 6.07) is 10.2. The number of nitrogens with two attached hydrogens (primary N) is 1. The zero-order valence-electron chi connectivity index (χ0n) is 7.34. The molecule has 0 radical (unpaired) electrons. The van der Waals surface area contributed by atoms with Gasteiger partial charge in [-0.1, -0.05) is 24.3 Å². The van der Waals surface area contributed by atoms with Crippen LogP contribution in [0.5, 0.6) is 0 Å². The third kappa shape index (κ3) is 1.31. The summed E-state index contributed by atoms with van der Waals surface area (Å²) in [4.78, 5) is 0. The number of fused-ring (bicyclic) bond motifs is 1. The third-order valence-electron chi connectivity index (χ3n) is 2.24. The number of anilines is 1. The zero-order chi connectivity index (χ0) is 9.42. The fourth-order valence-electron chi connectivity index (χ4n) is 1.54. The largest absolute Gasteiger partial charge is 0.397 e. The van der Waals surface area contributed by atoms with Gasteiger partial charge in [0.25, 0.3) is 0 Å². The van der Waals surface area contributed by atoms with Crippen molar-refractivity contribution in [1.29, 1.82) is 0 Å². The van der Waals surface area contributed by atoms with Crippen molar-refractivity contribution in [3.8, 4) is 0 Å². The molecule has 2 aromatic rings. The second-order valence-electron chi connectivity index (χ2n) is 3.13. The summed E-state index contributed by atoms with van der Waals surface area (Å²) < 4.78 is 0.976. The van der Waals surface area contributed by atoms with Crippen LogP contribution in [-0.4, -0.2) is 0 Å². The number of aryl methyl sites for hydroxylation is 1. The third-order valence-corrected chi connectivity index (χ3v) is 2.90. The van der Waals surface area contributed by atoms with E-state index in [4.69, 9.17) is 5.73 Å². The minimum absolute atomic E-state index is 0.821. The number of benzene rings is 2. The number of hydrogen-bond acceptors (Lipinski definition) is 1. The van der Waals surface area contributed by atoms with E-state index in [1.807, 2.05) is 18.2 Å². The Balaban J connectivity index is 2.97. The summed E-state index contributed by atoms with van der Waals surface area (Å²) in [5, 5.41) is 2.34. The molecule has 0 atom stereocenters. The van der Waals surface area contributed by atoms with E-state index >= 15 is 0 Å². The smallest absolute Gasteiger partial charge is 0.0538 e. The first kappa shape index (κ1) is 8.57. The van der Waals surface area contributed by atoms with Crippen LogP contribution in [0.4, 0.5) is 5.69 Å². The Bertz CT molecular complexity index is 463. The predicted molar refractivity (Wildman–Crippen MR) is 60.8 cm³/mol. The van der Waals surface area contributed by atoms with Crippen molar-refractivity contribution in [3.63, 3.8) is 0 Å². The van der Waals surface area contributed by atoms with E-state index in [2.05, 4.69) is 35.0 Å². The SMILES string of the molecule is Cc1cc(Br)c(N)c2ccccc12. The van der Waals surface area contributed by atoms with Gasteiger partial charge in [-0.05, 0) is 39.9 Å². The van der Waals surface area contributed by atoms with Crippen LogP contribution >= 0.6 is 15.9 Å². The van der Waals surface area contributed by atoms with Crippen molar-refractivity contribution in [2.75, 3.05) is 5.73 Å². The Morgan fingerprint density at radius 3 is 2.46 bits per heavy atom. The van der Waals surface area contributed by atoms with Crippen molar-refractivity contribution >= 4 is 32.4 Å². The molecule has 0 fully saturated rings. The second-order valence-corrected chi connectivity index (χ2v) is 3.99. The van der Waals surface area contributed by atoms with E-state index in [-0.39, 0.29) is 0 Å². The highest BCUT2D eigenvalue weighted by Crippen LogP contribution is 2.31.